The van der Waals surface area contributed by atoms with Gasteiger partial charge in [0.15, 0.2) is 6.79 Å². The lowest BCUT2D eigenvalue weighted by Gasteiger charge is -2.05. The molecular weight excluding hydrogens is 216 g/mol. The second-order valence-corrected chi connectivity index (χ2v) is 3.84. The first-order valence-electron chi connectivity index (χ1n) is 2.11. The first kappa shape index (κ1) is 14.7. The molecule has 0 spiro atoms. The van der Waals surface area contributed by atoms with Crippen molar-refractivity contribution in [3.8, 4) is 0 Å². The van der Waals surface area contributed by atoms with Crippen LogP contribution in [0.4, 0.5) is 0 Å². The maximum atomic E-state index is 9.86. The van der Waals surface area contributed by atoms with E-state index in [2.05, 4.69) is 9.05 Å². The van der Waals surface area contributed by atoms with Gasteiger partial charge in [0.05, 0.1) is 0 Å². The lowest BCUT2D eigenvalue weighted by Crippen LogP contribution is -1.95. The minimum absolute atomic E-state index is 0. The summed E-state index contributed by atoms with van der Waals surface area (Å²) in [5, 5.41) is 0. The molecule has 0 atom stereocenters. The van der Waals surface area contributed by atoms with Crippen molar-refractivity contribution in [1.29, 1.82) is 0 Å². The average molecular weight is 225 g/mol. The van der Waals surface area contributed by atoms with Crippen molar-refractivity contribution >= 4 is 15.6 Å². The Morgan fingerprint density at radius 3 is 1.33 bits per heavy atom. The predicted octanol–water partition coefficient (Wildman–Crippen LogP) is -0.676. The molecule has 0 saturated carbocycles. The molecule has 0 saturated heterocycles. The van der Waals surface area contributed by atoms with Crippen LogP contribution in [-0.2, 0) is 18.2 Å². The maximum Gasteiger partial charge on any atom is 0.471 e. The van der Waals surface area contributed by atoms with Crippen molar-refractivity contribution in [2.75, 3.05) is 6.79 Å². The van der Waals surface area contributed by atoms with Gasteiger partial charge in [-0.05, 0) is 0 Å². The van der Waals surface area contributed by atoms with E-state index in [1.54, 1.807) is 0 Å². The monoisotopic (exact) mass is 225 g/mol. The summed E-state index contributed by atoms with van der Waals surface area (Å²) in [6.07, 6.45) is 0. The minimum atomic E-state index is -4.72. The van der Waals surface area contributed by atoms with E-state index in [0.29, 0.717) is 0 Å². The highest BCUT2D eigenvalue weighted by molar-refractivity contribution is 7.47. The molecule has 11 heteroatoms. The Morgan fingerprint density at radius 1 is 0.917 bits per heavy atom. The third-order valence-corrected chi connectivity index (χ3v) is 1.33. The van der Waals surface area contributed by atoms with Crippen molar-refractivity contribution in [3.05, 3.63) is 0 Å². The maximum absolute atomic E-state index is 9.86. The van der Waals surface area contributed by atoms with Crippen LogP contribution in [0.25, 0.3) is 0 Å². The molecule has 7 N–H and O–H groups in total. The van der Waals surface area contributed by atoms with Gasteiger partial charge in [-0.1, -0.05) is 0 Å². The van der Waals surface area contributed by atoms with Crippen molar-refractivity contribution in [2.45, 2.75) is 0 Å². The van der Waals surface area contributed by atoms with Gasteiger partial charge in [-0.25, -0.2) is 9.13 Å². The van der Waals surface area contributed by atoms with E-state index in [1.165, 1.54) is 0 Å². The Kier molecular flexibility index (Phi) is 6.16. The minimum Gasteiger partial charge on any atom is -0.344 e. The van der Waals surface area contributed by atoms with E-state index in [-0.39, 0.29) is 6.15 Å². The van der Waals surface area contributed by atoms with Gasteiger partial charge < -0.3 is 25.7 Å². The van der Waals surface area contributed by atoms with Crippen LogP contribution in [0.3, 0.4) is 0 Å². The van der Waals surface area contributed by atoms with Crippen LogP contribution in [0.1, 0.15) is 0 Å². The lowest BCUT2D eigenvalue weighted by atomic mass is 11.6. The molecule has 0 amide bonds. The fourth-order valence-corrected chi connectivity index (χ4v) is 0.624. The summed E-state index contributed by atoms with van der Waals surface area (Å²) in [5.41, 5.74) is 0. The molecule has 76 valence electrons. The summed E-state index contributed by atoms with van der Waals surface area (Å²) in [6, 6.07) is 0. The van der Waals surface area contributed by atoms with Crippen LogP contribution in [0.15, 0.2) is 0 Å². The highest BCUT2D eigenvalue weighted by Crippen LogP contribution is 2.40. The van der Waals surface area contributed by atoms with E-state index < -0.39 is 22.4 Å². The third kappa shape index (κ3) is 12.8. The molecule has 0 radical (unpaired) electrons. The molecule has 0 aliphatic rings. The van der Waals surface area contributed by atoms with Crippen LogP contribution >= 0.6 is 15.6 Å². The number of rotatable bonds is 4. The lowest BCUT2D eigenvalue weighted by molar-refractivity contribution is 0.0582. The summed E-state index contributed by atoms with van der Waals surface area (Å²) < 4.78 is 26.8. The van der Waals surface area contributed by atoms with Gasteiger partial charge in [-0.2, -0.15) is 0 Å². The summed E-state index contributed by atoms with van der Waals surface area (Å²) in [7, 11) is -9.44. The molecule has 0 aliphatic heterocycles. The van der Waals surface area contributed by atoms with Crippen LogP contribution in [-0.4, -0.2) is 26.4 Å². The Labute approximate surface area is 67.4 Å². The SMILES string of the molecule is N.O=P(O)(O)OCOP(=O)(O)O. The summed E-state index contributed by atoms with van der Waals surface area (Å²) in [5.74, 6) is 0. The van der Waals surface area contributed by atoms with E-state index in [4.69, 9.17) is 19.6 Å². The van der Waals surface area contributed by atoms with Crippen molar-refractivity contribution in [1.82, 2.24) is 6.15 Å². The fourth-order valence-electron chi connectivity index (χ4n) is 0.161. The molecule has 0 aliphatic carbocycles. The van der Waals surface area contributed by atoms with E-state index in [1.807, 2.05) is 0 Å². The Bertz CT molecular complexity index is 179. The van der Waals surface area contributed by atoms with Gasteiger partial charge in [0.1, 0.15) is 0 Å². The number of phosphoric acid groups is 2. The zero-order valence-corrected chi connectivity index (χ0v) is 7.52. The van der Waals surface area contributed by atoms with Crippen molar-refractivity contribution in [2.24, 2.45) is 0 Å². The predicted molar refractivity (Wildman–Crippen MR) is 36.1 cm³/mol. The standard InChI is InChI=1S/CH6O8P2.H3N/c2-10(3,4)8-1-9-11(5,6)7;/h1H2,(H2,2,3,4)(H2,5,6,7);1H3. The van der Waals surface area contributed by atoms with Crippen molar-refractivity contribution in [3.63, 3.8) is 0 Å². The number of hydrogen-bond acceptors (Lipinski definition) is 5. The largest absolute Gasteiger partial charge is 0.471 e. The molecule has 0 rings (SSSR count). The normalized spacial score (nSPS) is 12.3. The second kappa shape index (κ2) is 5.03. The van der Waals surface area contributed by atoms with Gasteiger partial charge in [-0.15, -0.1) is 0 Å². The molecule has 0 fully saturated rings. The Balaban J connectivity index is 0. The second-order valence-electron chi connectivity index (χ2n) is 1.36. The fraction of sp³-hybridized carbons (Fsp3) is 1.00. The molecule has 0 aromatic carbocycles. The molecule has 0 unspecified atom stereocenters. The van der Waals surface area contributed by atoms with Gasteiger partial charge in [0.2, 0.25) is 0 Å². The Hall–Kier alpha value is 0.180. The van der Waals surface area contributed by atoms with E-state index >= 15 is 0 Å². The molecule has 12 heavy (non-hydrogen) atoms. The van der Waals surface area contributed by atoms with Gasteiger partial charge >= 0.3 is 15.6 Å². The summed E-state index contributed by atoms with van der Waals surface area (Å²) in [4.78, 5) is 31.9. The first-order chi connectivity index (χ1) is 4.71. The molecule has 0 bridgehead atoms. The van der Waals surface area contributed by atoms with Gasteiger partial charge in [0.25, 0.3) is 0 Å². The van der Waals surface area contributed by atoms with E-state index in [9.17, 15) is 9.13 Å². The molecule has 0 aromatic rings. The molecule has 0 heterocycles. The zero-order chi connectivity index (χ0) is 9.12. The van der Waals surface area contributed by atoms with Gasteiger partial charge in [-0.3, -0.25) is 9.05 Å². The number of hydrogen-bond donors (Lipinski definition) is 5. The third-order valence-electron chi connectivity index (χ3n) is 0.442. The smallest absolute Gasteiger partial charge is 0.344 e. The summed E-state index contributed by atoms with van der Waals surface area (Å²) >= 11 is 0. The molecule has 9 nitrogen and oxygen atoms in total. The van der Waals surface area contributed by atoms with Crippen LogP contribution < -0.4 is 6.15 Å². The first-order valence-corrected chi connectivity index (χ1v) is 5.17. The highest BCUT2D eigenvalue weighted by atomic mass is 31.2. The van der Waals surface area contributed by atoms with E-state index in [0.717, 1.165) is 0 Å². The highest BCUT2D eigenvalue weighted by Gasteiger charge is 2.18. The Morgan fingerprint density at radius 2 is 1.17 bits per heavy atom. The topological polar surface area (TPSA) is 169 Å². The quantitative estimate of drug-likeness (QED) is 0.307. The van der Waals surface area contributed by atoms with Crippen LogP contribution in [0.5, 0.6) is 0 Å². The average Bonchev–Trinajstić information content (AvgIpc) is 1.55. The van der Waals surface area contributed by atoms with Crippen LogP contribution in [0.2, 0.25) is 0 Å². The summed E-state index contributed by atoms with van der Waals surface area (Å²) in [6.45, 7) is -1.16. The zero-order valence-electron chi connectivity index (χ0n) is 5.73. The van der Waals surface area contributed by atoms with Gasteiger partial charge in [0, 0.05) is 0 Å². The van der Waals surface area contributed by atoms with Crippen LogP contribution in [0, 0.1) is 0 Å². The molecular formula is CH9NO8P2. The molecule has 0 aromatic heterocycles. The van der Waals surface area contributed by atoms with Crippen molar-refractivity contribution < 1.29 is 37.8 Å². The number of phosphoric ester groups is 2.